The molecule has 4 heteroatoms. The van der Waals surface area contributed by atoms with Gasteiger partial charge in [-0.1, -0.05) is 164 Å². The van der Waals surface area contributed by atoms with E-state index in [2.05, 4.69) is 158 Å². The van der Waals surface area contributed by atoms with E-state index in [1.807, 2.05) is 30.3 Å². The molecule has 53 heavy (non-hydrogen) atoms. The van der Waals surface area contributed by atoms with Crippen molar-refractivity contribution in [2.75, 3.05) is 0 Å². The molecule has 0 radical (unpaired) electrons. The Balaban J connectivity index is 1.15. The third-order valence-electron chi connectivity index (χ3n) is 9.94. The fourth-order valence-corrected chi connectivity index (χ4v) is 7.21. The fraction of sp³-hybridized carbons (Fsp3) is 0. The van der Waals surface area contributed by atoms with E-state index < -0.39 is 0 Å². The molecule has 0 aliphatic carbocycles. The number of furan rings is 1. The van der Waals surface area contributed by atoms with Gasteiger partial charge in [0.05, 0.1) is 0 Å². The lowest BCUT2D eigenvalue weighted by atomic mass is 9.98. The minimum Gasteiger partial charge on any atom is -0.456 e. The smallest absolute Gasteiger partial charge is 0.164 e. The first-order valence-electron chi connectivity index (χ1n) is 17.8. The molecule has 248 valence electrons. The molecule has 0 amide bonds. The van der Waals surface area contributed by atoms with Gasteiger partial charge in [0, 0.05) is 27.5 Å². The normalized spacial score (nSPS) is 11.4. The van der Waals surface area contributed by atoms with Crippen molar-refractivity contribution in [1.82, 2.24) is 15.0 Å². The van der Waals surface area contributed by atoms with E-state index in [9.17, 15) is 0 Å². The molecule has 0 fully saturated rings. The maximum absolute atomic E-state index is 6.47. The Morgan fingerprint density at radius 3 is 1.47 bits per heavy atom. The lowest BCUT2D eigenvalue weighted by Crippen LogP contribution is -2.01. The van der Waals surface area contributed by atoms with Crippen molar-refractivity contribution < 1.29 is 4.42 Å². The standard InChI is InChI=1S/C49H31N3O/c1-3-11-32(12-4-1)35-19-24-37(25-20-35)47-50-48(38-26-21-36(22-27-38)40-28-23-34-15-7-8-16-39(34)29-40)52-49(51-47)43-30-41(33-13-5-2-6-14-33)31-45-46(43)42-17-9-10-18-44(42)53-45/h1-31H. The van der Waals surface area contributed by atoms with Crippen LogP contribution in [0.3, 0.4) is 0 Å². The number of nitrogens with zero attached hydrogens (tertiary/aromatic N) is 3. The second-order valence-electron chi connectivity index (χ2n) is 13.3. The highest BCUT2D eigenvalue weighted by molar-refractivity contribution is 6.13. The van der Waals surface area contributed by atoms with E-state index in [-0.39, 0.29) is 0 Å². The zero-order valence-electron chi connectivity index (χ0n) is 28.6. The zero-order valence-corrected chi connectivity index (χ0v) is 28.6. The van der Waals surface area contributed by atoms with Crippen LogP contribution in [-0.2, 0) is 0 Å². The third kappa shape index (κ3) is 5.73. The number of hydrogen-bond donors (Lipinski definition) is 0. The summed E-state index contributed by atoms with van der Waals surface area (Å²) in [6, 6.07) is 65.2. The molecule has 4 nitrogen and oxygen atoms in total. The van der Waals surface area contributed by atoms with Gasteiger partial charge in [0.1, 0.15) is 11.2 Å². The second-order valence-corrected chi connectivity index (χ2v) is 13.3. The molecular formula is C49H31N3O. The average molecular weight is 678 g/mol. The Labute approximate surface area is 306 Å². The summed E-state index contributed by atoms with van der Waals surface area (Å²) in [5, 5.41) is 4.45. The summed E-state index contributed by atoms with van der Waals surface area (Å²) in [5.41, 5.74) is 11.0. The summed E-state index contributed by atoms with van der Waals surface area (Å²) in [6.45, 7) is 0. The molecule has 0 atom stereocenters. The average Bonchev–Trinajstić information content (AvgIpc) is 3.62. The topological polar surface area (TPSA) is 51.8 Å². The van der Waals surface area contributed by atoms with Crippen molar-refractivity contribution in [2.24, 2.45) is 0 Å². The van der Waals surface area contributed by atoms with Gasteiger partial charge >= 0.3 is 0 Å². The van der Waals surface area contributed by atoms with E-state index in [4.69, 9.17) is 19.4 Å². The van der Waals surface area contributed by atoms with Crippen LogP contribution in [0.4, 0.5) is 0 Å². The zero-order chi connectivity index (χ0) is 35.1. The van der Waals surface area contributed by atoms with Gasteiger partial charge in [0.15, 0.2) is 17.5 Å². The van der Waals surface area contributed by atoms with Crippen molar-refractivity contribution in [3.05, 3.63) is 188 Å². The molecule has 0 saturated heterocycles. The molecule has 10 rings (SSSR count). The molecule has 0 aliphatic rings. The van der Waals surface area contributed by atoms with Gasteiger partial charge in [0.25, 0.3) is 0 Å². The Morgan fingerprint density at radius 2 is 0.792 bits per heavy atom. The van der Waals surface area contributed by atoms with Crippen molar-refractivity contribution in [3.8, 4) is 67.5 Å². The van der Waals surface area contributed by atoms with E-state index in [1.165, 1.54) is 10.8 Å². The molecule has 0 unspecified atom stereocenters. The first kappa shape index (κ1) is 30.6. The van der Waals surface area contributed by atoms with Crippen molar-refractivity contribution in [1.29, 1.82) is 0 Å². The van der Waals surface area contributed by atoms with Crippen LogP contribution in [0.5, 0.6) is 0 Å². The van der Waals surface area contributed by atoms with E-state index in [1.54, 1.807) is 0 Å². The Kier molecular flexibility index (Phi) is 7.43. The van der Waals surface area contributed by atoms with Crippen LogP contribution in [0.1, 0.15) is 0 Å². The number of benzene rings is 8. The van der Waals surface area contributed by atoms with Crippen LogP contribution in [0.25, 0.3) is 100 Å². The third-order valence-corrected chi connectivity index (χ3v) is 9.94. The molecule has 10 aromatic rings. The maximum Gasteiger partial charge on any atom is 0.164 e. The largest absolute Gasteiger partial charge is 0.456 e. The summed E-state index contributed by atoms with van der Waals surface area (Å²) < 4.78 is 6.47. The van der Waals surface area contributed by atoms with Gasteiger partial charge in [0.2, 0.25) is 0 Å². The van der Waals surface area contributed by atoms with Crippen LogP contribution in [-0.4, -0.2) is 15.0 Å². The summed E-state index contributed by atoms with van der Waals surface area (Å²) >= 11 is 0. The lowest BCUT2D eigenvalue weighted by molar-refractivity contribution is 0.669. The number of para-hydroxylation sites is 1. The molecule has 2 aromatic heterocycles. The minimum atomic E-state index is 0.588. The molecular weight excluding hydrogens is 647 g/mol. The summed E-state index contributed by atoms with van der Waals surface area (Å²) in [6.07, 6.45) is 0. The highest BCUT2D eigenvalue weighted by Gasteiger charge is 2.20. The first-order chi connectivity index (χ1) is 26.2. The lowest BCUT2D eigenvalue weighted by Gasteiger charge is -2.12. The highest BCUT2D eigenvalue weighted by atomic mass is 16.3. The van der Waals surface area contributed by atoms with Crippen LogP contribution in [0, 0.1) is 0 Å². The van der Waals surface area contributed by atoms with Crippen LogP contribution < -0.4 is 0 Å². The van der Waals surface area contributed by atoms with Gasteiger partial charge in [-0.05, 0) is 68.4 Å². The van der Waals surface area contributed by atoms with Gasteiger partial charge < -0.3 is 4.42 Å². The summed E-state index contributed by atoms with van der Waals surface area (Å²) in [7, 11) is 0. The number of rotatable bonds is 6. The van der Waals surface area contributed by atoms with Gasteiger partial charge in [-0.2, -0.15) is 0 Å². The Hall–Kier alpha value is -7.17. The molecule has 8 aromatic carbocycles. The quantitative estimate of drug-likeness (QED) is 0.176. The SMILES string of the molecule is c1ccc(-c2ccc(-c3nc(-c4ccc(-c5ccc6ccccc6c5)cc4)nc(-c4cc(-c5ccccc5)cc5oc6ccccc6c45)n3)cc2)cc1. The maximum atomic E-state index is 6.47. The first-order valence-corrected chi connectivity index (χ1v) is 17.8. The number of aromatic nitrogens is 3. The van der Waals surface area contributed by atoms with E-state index in [0.717, 1.165) is 72.0 Å². The summed E-state index contributed by atoms with van der Waals surface area (Å²) in [4.78, 5) is 15.5. The van der Waals surface area contributed by atoms with Gasteiger partial charge in [-0.15, -0.1) is 0 Å². The molecule has 0 spiro atoms. The van der Waals surface area contributed by atoms with Crippen LogP contribution in [0.2, 0.25) is 0 Å². The number of fused-ring (bicyclic) bond motifs is 4. The van der Waals surface area contributed by atoms with E-state index in [0.29, 0.717) is 17.5 Å². The minimum absolute atomic E-state index is 0.588. The van der Waals surface area contributed by atoms with Crippen molar-refractivity contribution >= 4 is 32.7 Å². The van der Waals surface area contributed by atoms with Crippen LogP contribution >= 0.6 is 0 Å². The van der Waals surface area contributed by atoms with Gasteiger partial charge in [-0.3, -0.25) is 0 Å². The predicted octanol–water partition coefficient (Wildman–Crippen LogP) is 12.9. The van der Waals surface area contributed by atoms with Gasteiger partial charge in [-0.25, -0.2) is 15.0 Å². The monoisotopic (exact) mass is 677 g/mol. The molecule has 2 heterocycles. The predicted molar refractivity (Wildman–Crippen MR) is 217 cm³/mol. The second kappa shape index (κ2) is 12.9. The number of hydrogen-bond acceptors (Lipinski definition) is 4. The highest BCUT2D eigenvalue weighted by Crippen LogP contribution is 2.40. The van der Waals surface area contributed by atoms with Crippen LogP contribution in [0.15, 0.2) is 192 Å². The molecule has 0 bridgehead atoms. The molecule has 0 saturated carbocycles. The van der Waals surface area contributed by atoms with E-state index >= 15 is 0 Å². The fourth-order valence-electron chi connectivity index (χ4n) is 7.21. The van der Waals surface area contributed by atoms with Crippen molar-refractivity contribution in [3.63, 3.8) is 0 Å². The molecule has 0 aliphatic heterocycles. The Morgan fingerprint density at radius 1 is 0.302 bits per heavy atom. The molecule has 0 N–H and O–H groups in total. The summed E-state index contributed by atoms with van der Waals surface area (Å²) in [5.74, 6) is 1.80. The Bertz CT molecular complexity index is 2910. The van der Waals surface area contributed by atoms with Crippen molar-refractivity contribution in [2.45, 2.75) is 0 Å².